The standard InChI is InChI=1S/C14H20N2O3/c1-3-16(12-7-5-4-6-8-12)13(17)11-15(2)10-9-14(18)19/h4-8H,3,9-11H2,1-2H3,(H,18,19). The van der Waals surface area contributed by atoms with Crippen molar-refractivity contribution in [2.24, 2.45) is 0 Å². The predicted octanol–water partition coefficient (Wildman–Crippen LogP) is 1.45. The lowest BCUT2D eigenvalue weighted by Crippen LogP contribution is -2.39. The number of nitrogens with zero attached hydrogens (tertiary/aromatic N) is 2. The van der Waals surface area contributed by atoms with Crippen molar-refractivity contribution in [2.45, 2.75) is 13.3 Å². The lowest BCUT2D eigenvalue weighted by molar-refractivity contribution is -0.137. The Kier molecular flexibility index (Phi) is 6.02. The number of carbonyl (C=O) groups is 2. The summed E-state index contributed by atoms with van der Waals surface area (Å²) in [5.74, 6) is -0.878. The van der Waals surface area contributed by atoms with E-state index in [1.807, 2.05) is 37.3 Å². The van der Waals surface area contributed by atoms with Gasteiger partial charge in [0.1, 0.15) is 0 Å². The van der Waals surface area contributed by atoms with Crippen LogP contribution in [-0.4, -0.2) is 48.6 Å². The van der Waals surface area contributed by atoms with Gasteiger partial charge in [-0.3, -0.25) is 14.5 Å². The third-order valence-corrected chi connectivity index (χ3v) is 2.80. The first-order valence-electron chi connectivity index (χ1n) is 6.30. The van der Waals surface area contributed by atoms with Gasteiger partial charge >= 0.3 is 5.97 Å². The van der Waals surface area contributed by atoms with E-state index in [-0.39, 0.29) is 18.9 Å². The summed E-state index contributed by atoms with van der Waals surface area (Å²) in [6, 6.07) is 9.46. The van der Waals surface area contributed by atoms with Gasteiger partial charge in [-0.15, -0.1) is 0 Å². The van der Waals surface area contributed by atoms with Crippen molar-refractivity contribution >= 4 is 17.6 Å². The first-order chi connectivity index (χ1) is 9.04. The molecule has 0 unspecified atom stereocenters. The zero-order valence-corrected chi connectivity index (χ0v) is 11.4. The molecule has 1 aromatic carbocycles. The SMILES string of the molecule is CCN(C(=O)CN(C)CCC(=O)O)c1ccccc1. The van der Waals surface area contributed by atoms with Crippen molar-refractivity contribution in [2.75, 3.05) is 31.6 Å². The maximum absolute atomic E-state index is 12.2. The molecule has 0 fully saturated rings. The second-order valence-corrected chi connectivity index (χ2v) is 4.36. The van der Waals surface area contributed by atoms with Gasteiger partial charge in [0.25, 0.3) is 0 Å². The lowest BCUT2D eigenvalue weighted by atomic mass is 10.2. The fourth-order valence-corrected chi connectivity index (χ4v) is 1.79. The topological polar surface area (TPSA) is 60.9 Å². The Morgan fingerprint density at radius 2 is 1.84 bits per heavy atom. The van der Waals surface area contributed by atoms with Crippen LogP contribution in [0.3, 0.4) is 0 Å². The van der Waals surface area contributed by atoms with E-state index in [2.05, 4.69) is 0 Å². The van der Waals surface area contributed by atoms with Gasteiger partial charge in [0.2, 0.25) is 5.91 Å². The molecule has 19 heavy (non-hydrogen) atoms. The number of hydrogen-bond donors (Lipinski definition) is 1. The van der Waals surface area contributed by atoms with Crippen LogP contribution in [0.5, 0.6) is 0 Å². The van der Waals surface area contributed by atoms with Gasteiger partial charge < -0.3 is 10.0 Å². The van der Waals surface area contributed by atoms with Crippen molar-refractivity contribution in [1.29, 1.82) is 0 Å². The maximum atomic E-state index is 12.2. The number of amides is 1. The molecule has 0 heterocycles. The Balaban J connectivity index is 2.57. The highest BCUT2D eigenvalue weighted by Gasteiger charge is 2.15. The first-order valence-corrected chi connectivity index (χ1v) is 6.30. The Labute approximate surface area is 113 Å². The molecule has 0 aliphatic heterocycles. The second-order valence-electron chi connectivity index (χ2n) is 4.36. The van der Waals surface area contributed by atoms with E-state index in [9.17, 15) is 9.59 Å². The number of likely N-dealkylation sites (N-methyl/N-ethyl adjacent to an activating group) is 2. The van der Waals surface area contributed by atoms with Crippen LogP contribution >= 0.6 is 0 Å². The van der Waals surface area contributed by atoms with Crippen LogP contribution in [0, 0.1) is 0 Å². The summed E-state index contributed by atoms with van der Waals surface area (Å²) < 4.78 is 0. The quantitative estimate of drug-likeness (QED) is 0.809. The number of carbonyl (C=O) groups excluding carboxylic acids is 1. The highest BCUT2D eigenvalue weighted by atomic mass is 16.4. The monoisotopic (exact) mass is 264 g/mol. The molecule has 0 spiro atoms. The number of carboxylic acid groups (broad SMARTS) is 1. The minimum atomic E-state index is -0.852. The van der Waals surface area contributed by atoms with E-state index in [0.717, 1.165) is 5.69 Å². The van der Waals surface area contributed by atoms with Gasteiger partial charge in [-0.25, -0.2) is 0 Å². The summed E-state index contributed by atoms with van der Waals surface area (Å²) in [7, 11) is 1.75. The summed E-state index contributed by atoms with van der Waals surface area (Å²) in [5.41, 5.74) is 0.863. The molecule has 0 aromatic heterocycles. The summed E-state index contributed by atoms with van der Waals surface area (Å²) >= 11 is 0. The van der Waals surface area contributed by atoms with E-state index >= 15 is 0 Å². The molecule has 5 nitrogen and oxygen atoms in total. The van der Waals surface area contributed by atoms with Crippen molar-refractivity contribution in [1.82, 2.24) is 4.90 Å². The third-order valence-electron chi connectivity index (χ3n) is 2.80. The molecule has 0 bridgehead atoms. The maximum Gasteiger partial charge on any atom is 0.304 e. The molecule has 104 valence electrons. The summed E-state index contributed by atoms with van der Waals surface area (Å²) in [6.07, 6.45) is 0.0429. The number of carboxylic acids is 1. The molecule has 0 aliphatic rings. The predicted molar refractivity (Wildman–Crippen MR) is 74.2 cm³/mol. The second kappa shape index (κ2) is 7.53. The van der Waals surface area contributed by atoms with Crippen LogP contribution in [-0.2, 0) is 9.59 Å². The third kappa shape index (κ3) is 5.09. The van der Waals surface area contributed by atoms with Gasteiger partial charge in [-0.05, 0) is 26.1 Å². The Bertz CT molecular complexity index is 420. The molecule has 0 radical (unpaired) electrons. The molecule has 1 rings (SSSR count). The smallest absolute Gasteiger partial charge is 0.304 e. The number of benzene rings is 1. The average Bonchev–Trinajstić information content (AvgIpc) is 2.38. The molecule has 1 aromatic rings. The van der Waals surface area contributed by atoms with Crippen LogP contribution in [0.15, 0.2) is 30.3 Å². The number of para-hydroxylation sites is 1. The lowest BCUT2D eigenvalue weighted by Gasteiger charge is -2.24. The highest BCUT2D eigenvalue weighted by Crippen LogP contribution is 2.13. The van der Waals surface area contributed by atoms with E-state index < -0.39 is 5.97 Å². The van der Waals surface area contributed by atoms with Gasteiger partial charge in [0.05, 0.1) is 13.0 Å². The summed E-state index contributed by atoms with van der Waals surface area (Å²) in [6.45, 7) is 3.10. The van der Waals surface area contributed by atoms with Gasteiger partial charge in [-0.2, -0.15) is 0 Å². The molecule has 1 amide bonds. The van der Waals surface area contributed by atoms with Crippen LogP contribution in [0.1, 0.15) is 13.3 Å². The van der Waals surface area contributed by atoms with Crippen molar-refractivity contribution in [3.63, 3.8) is 0 Å². The van der Waals surface area contributed by atoms with E-state index in [4.69, 9.17) is 5.11 Å². The van der Waals surface area contributed by atoms with Gasteiger partial charge in [0.15, 0.2) is 0 Å². The van der Waals surface area contributed by atoms with Gasteiger partial charge in [0, 0.05) is 18.8 Å². The molecule has 0 atom stereocenters. The molecule has 5 heteroatoms. The summed E-state index contributed by atoms with van der Waals surface area (Å²) in [5, 5.41) is 8.61. The zero-order chi connectivity index (χ0) is 14.3. The van der Waals surface area contributed by atoms with Crippen LogP contribution in [0.2, 0.25) is 0 Å². The van der Waals surface area contributed by atoms with Gasteiger partial charge in [-0.1, -0.05) is 18.2 Å². The molecular formula is C14H20N2O3. The minimum absolute atomic E-state index is 0.0263. The van der Waals surface area contributed by atoms with E-state index in [1.165, 1.54) is 0 Å². The Morgan fingerprint density at radius 3 is 2.37 bits per heavy atom. The first kappa shape index (κ1) is 15.2. The molecule has 0 saturated carbocycles. The van der Waals surface area contributed by atoms with Crippen LogP contribution in [0.4, 0.5) is 5.69 Å². The fourth-order valence-electron chi connectivity index (χ4n) is 1.79. The Hall–Kier alpha value is -1.88. The van der Waals surface area contributed by atoms with Crippen LogP contribution in [0.25, 0.3) is 0 Å². The summed E-state index contributed by atoms with van der Waals surface area (Å²) in [4.78, 5) is 26.1. The number of anilines is 1. The molecular weight excluding hydrogens is 244 g/mol. The van der Waals surface area contributed by atoms with E-state index in [1.54, 1.807) is 16.8 Å². The van der Waals surface area contributed by atoms with Crippen LogP contribution < -0.4 is 4.90 Å². The average molecular weight is 264 g/mol. The Morgan fingerprint density at radius 1 is 1.21 bits per heavy atom. The molecule has 1 N–H and O–H groups in total. The molecule has 0 aliphatic carbocycles. The number of aliphatic carboxylic acids is 1. The van der Waals surface area contributed by atoms with Crippen molar-refractivity contribution in [3.05, 3.63) is 30.3 Å². The number of rotatable bonds is 7. The zero-order valence-electron chi connectivity index (χ0n) is 11.4. The minimum Gasteiger partial charge on any atom is -0.481 e. The fraction of sp³-hybridized carbons (Fsp3) is 0.429. The largest absolute Gasteiger partial charge is 0.481 e. The number of hydrogen-bond acceptors (Lipinski definition) is 3. The van der Waals surface area contributed by atoms with E-state index in [0.29, 0.717) is 13.1 Å². The molecule has 0 saturated heterocycles. The normalized spacial score (nSPS) is 10.5. The van der Waals surface area contributed by atoms with Crippen molar-refractivity contribution in [3.8, 4) is 0 Å². The van der Waals surface area contributed by atoms with Crippen molar-refractivity contribution < 1.29 is 14.7 Å². The highest BCUT2D eigenvalue weighted by molar-refractivity contribution is 5.94.